The van der Waals surface area contributed by atoms with Gasteiger partial charge in [-0.2, -0.15) is 0 Å². The molecule has 0 aliphatic carbocycles. The number of nitrogens with one attached hydrogen (secondary N) is 2. The van der Waals surface area contributed by atoms with Gasteiger partial charge in [0.25, 0.3) is 5.91 Å². The monoisotopic (exact) mass is 315 g/mol. The quantitative estimate of drug-likeness (QED) is 0.515. The minimum absolute atomic E-state index is 0.0575. The van der Waals surface area contributed by atoms with Gasteiger partial charge in [-0.3, -0.25) is 14.8 Å². The van der Waals surface area contributed by atoms with Crippen molar-refractivity contribution in [2.75, 3.05) is 7.05 Å². The fraction of sp³-hybridized carbons (Fsp3) is 0.800. The van der Waals surface area contributed by atoms with Gasteiger partial charge in [-0.15, -0.1) is 5.06 Å². The van der Waals surface area contributed by atoms with E-state index in [-0.39, 0.29) is 17.4 Å². The van der Waals surface area contributed by atoms with E-state index in [0.717, 1.165) is 6.42 Å². The van der Waals surface area contributed by atoms with Crippen LogP contribution in [0.3, 0.4) is 0 Å². The fourth-order valence-electron chi connectivity index (χ4n) is 1.88. The van der Waals surface area contributed by atoms with E-state index in [9.17, 15) is 19.6 Å². The Balaban J connectivity index is 4.66. The third kappa shape index (κ3) is 6.89. The summed E-state index contributed by atoms with van der Waals surface area (Å²) in [4.78, 5) is 35.5. The Labute approximate surface area is 132 Å². The van der Waals surface area contributed by atoms with Crippen molar-refractivity contribution >= 4 is 17.8 Å². The SMILES string of the molecule is CNC(=O)[C@@H](NC(=O)N(O)C(=O)CCCC(C)C)C(C)(C)C. The summed E-state index contributed by atoms with van der Waals surface area (Å²) in [7, 11) is 1.46. The Hall–Kier alpha value is -1.63. The lowest BCUT2D eigenvalue weighted by molar-refractivity contribution is -0.153. The van der Waals surface area contributed by atoms with Crippen LogP contribution in [-0.2, 0) is 9.59 Å². The van der Waals surface area contributed by atoms with Gasteiger partial charge in [-0.05, 0) is 17.8 Å². The third-order valence-electron chi connectivity index (χ3n) is 3.24. The number of imide groups is 1. The Morgan fingerprint density at radius 1 is 1.18 bits per heavy atom. The summed E-state index contributed by atoms with van der Waals surface area (Å²) in [6.45, 7) is 9.40. The highest BCUT2D eigenvalue weighted by Gasteiger charge is 2.34. The summed E-state index contributed by atoms with van der Waals surface area (Å²) in [5.74, 6) is -0.614. The first kappa shape index (κ1) is 20.4. The topological polar surface area (TPSA) is 98.7 Å². The zero-order valence-electron chi connectivity index (χ0n) is 14.4. The summed E-state index contributed by atoms with van der Waals surface area (Å²) in [5, 5.41) is 14.6. The van der Waals surface area contributed by atoms with Gasteiger partial charge in [-0.25, -0.2) is 4.79 Å². The molecule has 0 saturated carbocycles. The van der Waals surface area contributed by atoms with Crippen LogP contribution in [0.4, 0.5) is 4.79 Å². The molecule has 3 N–H and O–H groups in total. The molecule has 7 nitrogen and oxygen atoms in total. The molecule has 0 rings (SSSR count). The molecule has 0 aromatic carbocycles. The molecule has 0 fully saturated rings. The van der Waals surface area contributed by atoms with Gasteiger partial charge >= 0.3 is 6.03 Å². The van der Waals surface area contributed by atoms with Crippen molar-refractivity contribution in [2.24, 2.45) is 11.3 Å². The number of hydrogen-bond acceptors (Lipinski definition) is 4. The van der Waals surface area contributed by atoms with Crippen molar-refractivity contribution in [3.63, 3.8) is 0 Å². The molecular formula is C15H29N3O4. The number of carbonyl (C=O) groups excluding carboxylic acids is 3. The van der Waals surface area contributed by atoms with Crippen LogP contribution in [-0.4, -0.2) is 41.2 Å². The van der Waals surface area contributed by atoms with Crippen LogP contribution >= 0.6 is 0 Å². The molecule has 0 spiro atoms. The molecule has 128 valence electrons. The van der Waals surface area contributed by atoms with Gasteiger partial charge < -0.3 is 10.6 Å². The van der Waals surface area contributed by atoms with Crippen LogP contribution in [0.15, 0.2) is 0 Å². The average molecular weight is 315 g/mol. The number of nitrogens with zero attached hydrogens (tertiary/aromatic N) is 1. The molecule has 0 radical (unpaired) electrons. The van der Waals surface area contributed by atoms with Crippen LogP contribution in [0, 0.1) is 11.3 Å². The van der Waals surface area contributed by atoms with Crippen LogP contribution in [0.5, 0.6) is 0 Å². The number of likely N-dealkylation sites (N-methyl/N-ethyl adjacent to an activating group) is 1. The second-order valence-electron chi connectivity index (χ2n) is 6.85. The summed E-state index contributed by atoms with van der Waals surface area (Å²) in [6.07, 6.45) is 1.52. The summed E-state index contributed by atoms with van der Waals surface area (Å²) in [6, 6.07) is -1.85. The molecule has 0 unspecified atom stereocenters. The van der Waals surface area contributed by atoms with Gasteiger partial charge in [-0.1, -0.05) is 41.0 Å². The summed E-state index contributed by atoms with van der Waals surface area (Å²) >= 11 is 0. The van der Waals surface area contributed by atoms with E-state index >= 15 is 0 Å². The second kappa shape index (κ2) is 8.73. The smallest absolute Gasteiger partial charge is 0.349 e. The maximum Gasteiger partial charge on any atom is 0.349 e. The number of carbonyl (C=O) groups is 3. The Bertz CT molecular complexity index is 402. The van der Waals surface area contributed by atoms with Gasteiger partial charge in [0.05, 0.1) is 0 Å². The molecular weight excluding hydrogens is 286 g/mol. The highest BCUT2D eigenvalue weighted by Crippen LogP contribution is 2.19. The zero-order valence-corrected chi connectivity index (χ0v) is 14.4. The molecule has 0 aliphatic rings. The summed E-state index contributed by atoms with van der Waals surface area (Å²) < 4.78 is 0. The number of hydrogen-bond donors (Lipinski definition) is 3. The minimum atomic E-state index is -0.988. The molecule has 22 heavy (non-hydrogen) atoms. The normalized spacial score (nSPS) is 12.7. The minimum Gasteiger partial charge on any atom is -0.357 e. The first-order valence-corrected chi connectivity index (χ1v) is 7.54. The average Bonchev–Trinajstić information content (AvgIpc) is 2.40. The van der Waals surface area contributed by atoms with Gasteiger partial charge in [0.2, 0.25) is 5.91 Å². The number of amides is 4. The van der Waals surface area contributed by atoms with E-state index in [1.165, 1.54) is 7.05 Å². The fourth-order valence-corrected chi connectivity index (χ4v) is 1.88. The van der Waals surface area contributed by atoms with Crippen LogP contribution in [0.1, 0.15) is 53.9 Å². The van der Waals surface area contributed by atoms with Crippen molar-refractivity contribution in [2.45, 2.75) is 59.9 Å². The van der Waals surface area contributed by atoms with Gasteiger partial charge in [0.1, 0.15) is 6.04 Å². The van der Waals surface area contributed by atoms with E-state index < -0.39 is 23.4 Å². The molecule has 0 aromatic heterocycles. The van der Waals surface area contributed by atoms with Crippen LogP contribution < -0.4 is 10.6 Å². The Morgan fingerprint density at radius 3 is 2.14 bits per heavy atom. The lowest BCUT2D eigenvalue weighted by Gasteiger charge is -2.30. The van der Waals surface area contributed by atoms with Crippen molar-refractivity contribution in [1.82, 2.24) is 15.7 Å². The van der Waals surface area contributed by atoms with E-state index in [1.54, 1.807) is 20.8 Å². The van der Waals surface area contributed by atoms with Crippen LogP contribution in [0.2, 0.25) is 0 Å². The standard InChI is InChI=1S/C15H29N3O4/c1-10(2)8-7-9-11(19)18(22)14(21)17-12(13(20)16-6)15(3,4)5/h10,12,22H,7-9H2,1-6H3,(H,16,20)(H,17,21)/t12-/m1/s1. The molecule has 4 amide bonds. The van der Waals surface area contributed by atoms with E-state index in [1.807, 2.05) is 13.8 Å². The van der Waals surface area contributed by atoms with Gasteiger partial charge in [0, 0.05) is 13.5 Å². The van der Waals surface area contributed by atoms with Crippen LogP contribution in [0.25, 0.3) is 0 Å². The lowest BCUT2D eigenvalue weighted by Crippen LogP contribution is -2.56. The first-order chi connectivity index (χ1) is 10.0. The Morgan fingerprint density at radius 2 is 1.73 bits per heavy atom. The largest absolute Gasteiger partial charge is 0.357 e. The molecule has 0 bridgehead atoms. The third-order valence-corrected chi connectivity index (χ3v) is 3.24. The maximum absolute atomic E-state index is 11.9. The molecule has 0 saturated heterocycles. The number of urea groups is 1. The number of rotatable bonds is 6. The van der Waals surface area contributed by atoms with Crippen molar-refractivity contribution in [3.05, 3.63) is 0 Å². The van der Waals surface area contributed by atoms with Crippen molar-refractivity contribution in [1.29, 1.82) is 0 Å². The molecule has 1 atom stereocenters. The maximum atomic E-state index is 11.9. The highest BCUT2D eigenvalue weighted by molar-refractivity contribution is 5.95. The highest BCUT2D eigenvalue weighted by atomic mass is 16.5. The first-order valence-electron chi connectivity index (χ1n) is 7.54. The molecule has 0 heterocycles. The number of hydroxylamine groups is 2. The molecule has 7 heteroatoms. The predicted octanol–water partition coefficient (Wildman–Crippen LogP) is 1.90. The van der Waals surface area contributed by atoms with E-state index in [2.05, 4.69) is 10.6 Å². The zero-order chi connectivity index (χ0) is 17.5. The van der Waals surface area contributed by atoms with Gasteiger partial charge in [0.15, 0.2) is 0 Å². The molecule has 0 aromatic rings. The van der Waals surface area contributed by atoms with E-state index in [0.29, 0.717) is 12.3 Å². The van der Waals surface area contributed by atoms with E-state index in [4.69, 9.17) is 0 Å². The molecule has 0 aliphatic heterocycles. The predicted molar refractivity (Wildman–Crippen MR) is 83.2 cm³/mol. The Kier molecular flexibility index (Phi) is 8.08. The summed E-state index contributed by atoms with van der Waals surface area (Å²) in [5.41, 5.74) is -0.558. The lowest BCUT2D eigenvalue weighted by atomic mass is 9.86. The van der Waals surface area contributed by atoms with Crippen molar-refractivity contribution in [3.8, 4) is 0 Å². The van der Waals surface area contributed by atoms with Crippen molar-refractivity contribution < 1.29 is 19.6 Å². The second-order valence-corrected chi connectivity index (χ2v) is 6.85.